The Morgan fingerprint density at radius 2 is 1.96 bits per heavy atom. The van der Waals surface area contributed by atoms with Crippen molar-refractivity contribution in [1.82, 2.24) is 0 Å². The number of furan rings is 1. The van der Waals surface area contributed by atoms with E-state index in [1.54, 1.807) is 18.2 Å². The summed E-state index contributed by atoms with van der Waals surface area (Å²) in [5.41, 5.74) is 2.39. The van der Waals surface area contributed by atoms with Crippen LogP contribution < -0.4 is 0 Å². The van der Waals surface area contributed by atoms with E-state index in [1.165, 1.54) is 12.1 Å². The first-order valence-corrected chi connectivity index (χ1v) is 7.83. The van der Waals surface area contributed by atoms with Crippen LogP contribution in [0.25, 0.3) is 11.0 Å². The molecular formula is C18H17N3O4. The molecule has 0 aliphatic rings. The SMILES string of the molecule is CCc1cc2oc(C)c(C)c2c(N=Nc2ccccc2[N+](=O)[O-])c1O. The number of azo groups is 1. The Kier molecular flexibility index (Phi) is 4.22. The fourth-order valence-corrected chi connectivity index (χ4v) is 2.72. The first kappa shape index (κ1) is 16.6. The van der Waals surface area contributed by atoms with Crippen molar-refractivity contribution in [3.05, 3.63) is 57.3 Å². The van der Waals surface area contributed by atoms with E-state index >= 15 is 0 Å². The van der Waals surface area contributed by atoms with Gasteiger partial charge >= 0.3 is 0 Å². The minimum absolute atomic E-state index is 0.0150. The predicted octanol–water partition coefficient (Wildman–Crippen LogP) is 5.64. The summed E-state index contributed by atoms with van der Waals surface area (Å²) in [6, 6.07) is 7.86. The number of fused-ring (bicyclic) bond motifs is 1. The highest BCUT2D eigenvalue weighted by atomic mass is 16.6. The van der Waals surface area contributed by atoms with Gasteiger partial charge in [-0.15, -0.1) is 10.2 Å². The molecule has 0 radical (unpaired) electrons. The Hall–Kier alpha value is -3.22. The van der Waals surface area contributed by atoms with Gasteiger partial charge in [-0.25, -0.2) is 0 Å². The zero-order valence-corrected chi connectivity index (χ0v) is 14.1. The highest BCUT2D eigenvalue weighted by Gasteiger charge is 2.19. The quantitative estimate of drug-likeness (QED) is 0.377. The monoisotopic (exact) mass is 339 g/mol. The standard InChI is InChI=1S/C18H17N3O4/c1-4-12-9-15-16(10(2)11(3)25-15)17(18(12)22)20-19-13-7-5-6-8-14(13)21(23)24/h5-9,22H,4H2,1-3H3. The third kappa shape index (κ3) is 2.84. The Bertz CT molecular complexity index is 1010. The second-order valence-electron chi connectivity index (χ2n) is 5.69. The third-order valence-electron chi connectivity index (χ3n) is 4.20. The highest BCUT2D eigenvalue weighted by Crippen LogP contribution is 2.43. The van der Waals surface area contributed by atoms with Gasteiger partial charge in [0, 0.05) is 11.6 Å². The number of nitro groups is 1. The van der Waals surface area contributed by atoms with Crippen LogP contribution in [0.4, 0.5) is 17.1 Å². The lowest BCUT2D eigenvalue weighted by atomic mass is 10.0. The maximum Gasteiger partial charge on any atom is 0.296 e. The molecule has 0 spiro atoms. The molecule has 7 heteroatoms. The summed E-state index contributed by atoms with van der Waals surface area (Å²) in [5.74, 6) is 0.742. The molecule has 25 heavy (non-hydrogen) atoms. The summed E-state index contributed by atoms with van der Waals surface area (Å²) in [6.45, 7) is 5.61. The van der Waals surface area contributed by atoms with Gasteiger partial charge in [-0.1, -0.05) is 19.1 Å². The molecule has 1 N–H and O–H groups in total. The molecule has 1 heterocycles. The number of hydrogen-bond acceptors (Lipinski definition) is 6. The van der Waals surface area contributed by atoms with Gasteiger partial charge in [0.1, 0.15) is 22.8 Å². The van der Waals surface area contributed by atoms with Gasteiger partial charge in [-0.3, -0.25) is 10.1 Å². The Morgan fingerprint density at radius 3 is 2.64 bits per heavy atom. The summed E-state index contributed by atoms with van der Waals surface area (Å²) in [5, 5.41) is 30.5. The topological polar surface area (TPSA) is 101 Å². The second kappa shape index (κ2) is 6.35. The van der Waals surface area contributed by atoms with Gasteiger partial charge < -0.3 is 9.52 Å². The van der Waals surface area contributed by atoms with E-state index in [2.05, 4.69) is 10.2 Å². The number of aryl methyl sites for hydroxylation is 3. The zero-order chi connectivity index (χ0) is 18.1. The average Bonchev–Trinajstić information content (AvgIpc) is 2.88. The largest absolute Gasteiger partial charge is 0.505 e. The van der Waals surface area contributed by atoms with Crippen molar-refractivity contribution in [2.45, 2.75) is 27.2 Å². The summed E-state index contributed by atoms with van der Waals surface area (Å²) >= 11 is 0. The van der Waals surface area contributed by atoms with Crippen LogP contribution in [0, 0.1) is 24.0 Å². The van der Waals surface area contributed by atoms with Crippen molar-refractivity contribution in [2.24, 2.45) is 10.2 Å². The van der Waals surface area contributed by atoms with Crippen LogP contribution in [0.2, 0.25) is 0 Å². The summed E-state index contributed by atoms with van der Waals surface area (Å²) in [6.07, 6.45) is 0.592. The molecule has 0 fully saturated rings. The fourth-order valence-electron chi connectivity index (χ4n) is 2.72. The lowest BCUT2D eigenvalue weighted by Gasteiger charge is -2.06. The molecular weight excluding hydrogens is 322 g/mol. The van der Waals surface area contributed by atoms with Crippen LogP contribution in [0.1, 0.15) is 23.8 Å². The van der Waals surface area contributed by atoms with E-state index in [0.717, 1.165) is 11.3 Å². The van der Waals surface area contributed by atoms with Crippen molar-refractivity contribution >= 4 is 28.0 Å². The third-order valence-corrected chi connectivity index (χ3v) is 4.20. The maximum atomic E-state index is 11.1. The number of rotatable bonds is 4. The van der Waals surface area contributed by atoms with E-state index in [4.69, 9.17) is 4.42 Å². The molecule has 0 bridgehead atoms. The summed E-state index contributed by atoms with van der Waals surface area (Å²) in [7, 11) is 0. The van der Waals surface area contributed by atoms with Gasteiger partial charge in [-0.05, 0) is 38.0 Å². The van der Waals surface area contributed by atoms with Gasteiger partial charge in [0.25, 0.3) is 5.69 Å². The number of aromatic hydroxyl groups is 1. The molecule has 7 nitrogen and oxygen atoms in total. The lowest BCUT2D eigenvalue weighted by molar-refractivity contribution is -0.384. The molecule has 0 amide bonds. The maximum absolute atomic E-state index is 11.1. The predicted molar refractivity (Wildman–Crippen MR) is 94.0 cm³/mol. The fraction of sp³-hybridized carbons (Fsp3) is 0.222. The molecule has 0 saturated carbocycles. The van der Waals surface area contributed by atoms with Gasteiger partial charge in [-0.2, -0.15) is 0 Å². The molecule has 1 aromatic heterocycles. The Balaban J connectivity index is 2.22. The van der Waals surface area contributed by atoms with Gasteiger partial charge in [0.15, 0.2) is 5.69 Å². The van der Waals surface area contributed by atoms with Crippen LogP contribution in [0.15, 0.2) is 45.0 Å². The van der Waals surface area contributed by atoms with Crippen LogP contribution in [-0.4, -0.2) is 10.0 Å². The number of phenolic OH excluding ortho intramolecular Hbond substituents is 1. The van der Waals surface area contributed by atoms with Gasteiger partial charge in [0.2, 0.25) is 0 Å². The van der Waals surface area contributed by atoms with E-state index in [1.807, 2.05) is 20.8 Å². The molecule has 0 unspecified atom stereocenters. The highest BCUT2D eigenvalue weighted by molar-refractivity contribution is 5.96. The van der Waals surface area contributed by atoms with Crippen molar-refractivity contribution < 1.29 is 14.4 Å². The average molecular weight is 339 g/mol. The van der Waals surface area contributed by atoms with E-state index in [9.17, 15) is 15.2 Å². The smallest absolute Gasteiger partial charge is 0.296 e. The van der Waals surface area contributed by atoms with Crippen molar-refractivity contribution in [1.29, 1.82) is 0 Å². The number of hydrogen-bond donors (Lipinski definition) is 1. The van der Waals surface area contributed by atoms with Crippen molar-refractivity contribution in [2.75, 3.05) is 0 Å². The summed E-state index contributed by atoms with van der Waals surface area (Å²) in [4.78, 5) is 10.6. The first-order valence-electron chi connectivity index (χ1n) is 7.83. The zero-order valence-electron chi connectivity index (χ0n) is 14.1. The number of para-hydroxylation sites is 1. The number of phenols is 1. The summed E-state index contributed by atoms with van der Waals surface area (Å²) < 4.78 is 5.73. The molecule has 2 aromatic carbocycles. The van der Waals surface area contributed by atoms with Gasteiger partial charge in [0.05, 0.1) is 10.3 Å². The first-order chi connectivity index (χ1) is 11.9. The molecule has 0 aliphatic heterocycles. The second-order valence-corrected chi connectivity index (χ2v) is 5.69. The normalized spacial score (nSPS) is 11.5. The van der Waals surface area contributed by atoms with Crippen molar-refractivity contribution in [3.8, 4) is 5.75 Å². The van der Waals surface area contributed by atoms with E-state index in [-0.39, 0.29) is 22.8 Å². The van der Waals surface area contributed by atoms with Crippen LogP contribution in [0.5, 0.6) is 5.75 Å². The van der Waals surface area contributed by atoms with E-state index in [0.29, 0.717) is 23.0 Å². The minimum Gasteiger partial charge on any atom is -0.505 e. The molecule has 0 atom stereocenters. The number of benzene rings is 2. The Labute approximate surface area is 143 Å². The minimum atomic E-state index is -0.514. The Morgan fingerprint density at radius 1 is 1.24 bits per heavy atom. The van der Waals surface area contributed by atoms with Crippen LogP contribution in [-0.2, 0) is 6.42 Å². The van der Waals surface area contributed by atoms with Crippen molar-refractivity contribution in [3.63, 3.8) is 0 Å². The molecule has 0 aliphatic carbocycles. The molecule has 3 aromatic rings. The molecule has 0 saturated heterocycles. The molecule has 128 valence electrons. The van der Waals surface area contributed by atoms with Crippen LogP contribution in [0.3, 0.4) is 0 Å². The van der Waals surface area contributed by atoms with E-state index < -0.39 is 4.92 Å². The number of nitro benzene ring substituents is 1. The lowest BCUT2D eigenvalue weighted by Crippen LogP contribution is -1.87. The number of nitrogens with zero attached hydrogens (tertiary/aromatic N) is 3. The molecule has 3 rings (SSSR count). The van der Waals surface area contributed by atoms with Crippen LogP contribution >= 0.6 is 0 Å².